The van der Waals surface area contributed by atoms with Crippen LogP contribution in [0.3, 0.4) is 0 Å². The summed E-state index contributed by atoms with van der Waals surface area (Å²) in [5, 5.41) is 10.3. The van der Waals surface area contributed by atoms with Gasteiger partial charge in [0.15, 0.2) is 0 Å². The summed E-state index contributed by atoms with van der Waals surface area (Å²) >= 11 is 0. The molecule has 0 aromatic heterocycles. The van der Waals surface area contributed by atoms with Crippen molar-refractivity contribution in [1.82, 2.24) is 0 Å². The van der Waals surface area contributed by atoms with Gasteiger partial charge in [-0.3, -0.25) is 0 Å². The third-order valence-corrected chi connectivity index (χ3v) is 4.16. The Morgan fingerprint density at radius 3 is 2.46 bits per heavy atom. The molecule has 1 aliphatic heterocycles. The Bertz CT molecular complexity index is 766. The molecule has 0 amide bonds. The number of morpholine rings is 1. The van der Waals surface area contributed by atoms with E-state index in [9.17, 15) is 5.11 Å². The van der Waals surface area contributed by atoms with Crippen LogP contribution in [-0.2, 0) is 4.74 Å². The van der Waals surface area contributed by atoms with Crippen molar-refractivity contribution in [2.45, 2.75) is 6.10 Å². The standard InChI is InChI=1S/C22H23NO3/c1-2-15-26-21-10-6-19(7-11-21)22(24)12-5-18-3-8-20(9-4-18)23-13-16-25-17-14-23/h2-4,6-11,22,24H,1,13-17H2. The molecule has 0 radical (unpaired) electrons. The average Bonchev–Trinajstić information content (AvgIpc) is 2.72. The maximum Gasteiger partial charge on any atom is 0.140 e. The third kappa shape index (κ3) is 4.89. The van der Waals surface area contributed by atoms with Gasteiger partial charge in [0.25, 0.3) is 0 Å². The Balaban J connectivity index is 1.61. The van der Waals surface area contributed by atoms with Crippen LogP contribution in [0.15, 0.2) is 61.2 Å². The van der Waals surface area contributed by atoms with Gasteiger partial charge in [-0.1, -0.05) is 36.6 Å². The van der Waals surface area contributed by atoms with Crippen molar-refractivity contribution in [2.75, 3.05) is 37.8 Å². The Hall–Kier alpha value is -2.74. The van der Waals surface area contributed by atoms with Crippen LogP contribution in [0.1, 0.15) is 17.2 Å². The molecule has 3 rings (SSSR count). The van der Waals surface area contributed by atoms with Gasteiger partial charge in [0.05, 0.1) is 13.2 Å². The lowest BCUT2D eigenvalue weighted by Gasteiger charge is -2.28. The minimum absolute atomic E-state index is 0.460. The normalized spacial score (nSPS) is 14.9. The minimum atomic E-state index is -0.831. The summed E-state index contributed by atoms with van der Waals surface area (Å²) in [5.41, 5.74) is 2.80. The maximum absolute atomic E-state index is 10.3. The molecule has 0 saturated carbocycles. The van der Waals surface area contributed by atoms with Crippen molar-refractivity contribution in [3.8, 4) is 17.6 Å². The topological polar surface area (TPSA) is 41.9 Å². The van der Waals surface area contributed by atoms with Gasteiger partial charge in [-0.15, -0.1) is 0 Å². The van der Waals surface area contributed by atoms with Gasteiger partial charge in [-0.05, 0) is 42.0 Å². The number of hydrogen-bond donors (Lipinski definition) is 1. The second-order valence-corrected chi connectivity index (χ2v) is 5.99. The summed E-state index contributed by atoms with van der Waals surface area (Å²) in [6.45, 7) is 7.44. The van der Waals surface area contributed by atoms with E-state index in [2.05, 4.69) is 35.5 Å². The number of anilines is 1. The monoisotopic (exact) mass is 349 g/mol. The smallest absolute Gasteiger partial charge is 0.140 e. The van der Waals surface area contributed by atoms with E-state index in [1.165, 1.54) is 5.69 Å². The molecule has 1 saturated heterocycles. The largest absolute Gasteiger partial charge is 0.490 e. The molecule has 1 fully saturated rings. The van der Waals surface area contributed by atoms with Crippen LogP contribution in [0.2, 0.25) is 0 Å². The lowest BCUT2D eigenvalue weighted by atomic mass is 10.1. The van der Waals surface area contributed by atoms with E-state index in [1.54, 1.807) is 6.08 Å². The second kappa shape index (κ2) is 9.10. The molecule has 4 heteroatoms. The van der Waals surface area contributed by atoms with Gasteiger partial charge in [0, 0.05) is 24.3 Å². The summed E-state index contributed by atoms with van der Waals surface area (Å²) in [6, 6.07) is 15.4. The first-order chi connectivity index (χ1) is 12.8. The van der Waals surface area contributed by atoms with E-state index in [0.717, 1.165) is 43.2 Å². The third-order valence-electron chi connectivity index (χ3n) is 4.16. The molecule has 1 aliphatic rings. The van der Waals surface area contributed by atoms with Crippen LogP contribution in [0, 0.1) is 11.8 Å². The van der Waals surface area contributed by atoms with Crippen LogP contribution in [0.5, 0.6) is 5.75 Å². The molecule has 26 heavy (non-hydrogen) atoms. The van der Waals surface area contributed by atoms with Gasteiger partial charge in [-0.25, -0.2) is 0 Å². The minimum Gasteiger partial charge on any atom is -0.490 e. The number of nitrogens with zero attached hydrogens (tertiary/aromatic N) is 1. The molecule has 2 aromatic rings. The molecule has 0 spiro atoms. The number of aliphatic hydroxyl groups excluding tert-OH is 1. The van der Waals surface area contributed by atoms with Crippen LogP contribution < -0.4 is 9.64 Å². The Morgan fingerprint density at radius 2 is 1.81 bits per heavy atom. The molecule has 134 valence electrons. The molecule has 1 N–H and O–H groups in total. The first-order valence-electron chi connectivity index (χ1n) is 8.72. The highest BCUT2D eigenvalue weighted by atomic mass is 16.5. The van der Waals surface area contributed by atoms with Crippen LogP contribution in [-0.4, -0.2) is 38.0 Å². The zero-order valence-corrected chi connectivity index (χ0v) is 14.7. The first kappa shape index (κ1) is 18.1. The summed E-state index contributed by atoms with van der Waals surface area (Å²) in [5.74, 6) is 6.67. The van der Waals surface area contributed by atoms with Gasteiger partial charge in [-0.2, -0.15) is 0 Å². The fourth-order valence-electron chi connectivity index (χ4n) is 2.71. The van der Waals surface area contributed by atoms with Gasteiger partial charge >= 0.3 is 0 Å². The van der Waals surface area contributed by atoms with E-state index >= 15 is 0 Å². The second-order valence-electron chi connectivity index (χ2n) is 5.99. The van der Waals surface area contributed by atoms with Crippen molar-refractivity contribution in [1.29, 1.82) is 0 Å². The van der Waals surface area contributed by atoms with Crippen molar-refractivity contribution in [2.24, 2.45) is 0 Å². The first-order valence-corrected chi connectivity index (χ1v) is 8.72. The summed E-state index contributed by atoms with van der Waals surface area (Å²) < 4.78 is 10.8. The van der Waals surface area contributed by atoms with E-state index in [0.29, 0.717) is 6.61 Å². The van der Waals surface area contributed by atoms with Gasteiger partial charge in [0.1, 0.15) is 18.5 Å². The van der Waals surface area contributed by atoms with E-state index < -0.39 is 6.10 Å². The number of benzene rings is 2. The number of aliphatic hydroxyl groups is 1. The van der Waals surface area contributed by atoms with E-state index in [-0.39, 0.29) is 0 Å². The van der Waals surface area contributed by atoms with Crippen molar-refractivity contribution in [3.05, 3.63) is 72.3 Å². The van der Waals surface area contributed by atoms with Crippen molar-refractivity contribution >= 4 is 5.69 Å². The van der Waals surface area contributed by atoms with E-state index in [4.69, 9.17) is 9.47 Å². The van der Waals surface area contributed by atoms with Crippen molar-refractivity contribution in [3.63, 3.8) is 0 Å². The molecule has 1 unspecified atom stereocenters. The quantitative estimate of drug-likeness (QED) is 0.665. The fourth-order valence-corrected chi connectivity index (χ4v) is 2.71. The van der Waals surface area contributed by atoms with E-state index in [1.807, 2.05) is 36.4 Å². The number of rotatable bonds is 5. The highest BCUT2D eigenvalue weighted by molar-refractivity contribution is 5.51. The summed E-state index contributed by atoms with van der Waals surface area (Å²) in [6.07, 6.45) is 0.862. The zero-order valence-electron chi connectivity index (χ0n) is 14.7. The highest BCUT2D eigenvalue weighted by Gasteiger charge is 2.10. The summed E-state index contributed by atoms with van der Waals surface area (Å²) in [7, 11) is 0. The van der Waals surface area contributed by atoms with Gasteiger partial charge < -0.3 is 19.5 Å². The van der Waals surface area contributed by atoms with Gasteiger partial charge in [0.2, 0.25) is 0 Å². The molecule has 1 heterocycles. The molecule has 4 nitrogen and oxygen atoms in total. The van der Waals surface area contributed by atoms with Crippen LogP contribution in [0.25, 0.3) is 0 Å². The highest BCUT2D eigenvalue weighted by Crippen LogP contribution is 2.19. The fraction of sp³-hybridized carbons (Fsp3) is 0.273. The lowest BCUT2D eigenvalue weighted by Crippen LogP contribution is -2.36. The molecule has 0 bridgehead atoms. The Kier molecular flexibility index (Phi) is 6.32. The number of ether oxygens (including phenoxy) is 2. The number of hydrogen-bond acceptors (Lipinski definition) is 4. The lowest BCUT2D eigenvalue weighted by molar-refractivity contribution is 0.122. The molecule has 0 aliphatic carbocycles. The molecular formula is C22H23NO3. The van der Waals surface area contributed by atoms with Crippen LogP contribution >= 0.6 is 0 Å². The zero-order chi connectivity index (χ0) is 18.2. The maximum atomic E-state index is 10.3. The molecular weight excluding hydrogens is 326 g/mol. The van der Waals surface area contributed by atoms with Crippen LogP contribution in [0.4, 0.5) is 5.69 Å². The Labute approximate surface area is 154 Å². The van der Waals surface area contributed by atoms with Crippen molar-refractivity contribution < 1.29 is 14.6 Å². The molecule has 2 aromatic carbocycles. The molecule has 1 atom stereocenters. The average molecular weight is 349 g/mol. The predicted molar refractivity (Wildman–Crippen MR) is 103 cm³/mol. The Morgan fingerprint density at radius 1 is 1.12 bits per heavy atom. The summed E-state index contributed by atoms with van der Waals surface area (Å²) in [4.78, 5) is 2.30. The SMILES string of the molecule is C=CCOc1ccc(C(O)C#Cc2ccc(N3CCOCC3)cc2)cc1. The predicted octanol–water partition coefficient (Wildman–Crippen LogP) is 3.17.